The number of ether oxygens (including phenoxy) is 1. The van der Waals surface area contributed by atoms with Crippen LogP contribution in [0.3, 0.4) is 0 Å². The molecule has 2 fully saturated rings. The van der Waals surface area contributed by atoms with E-state index in [4.69, 9.17) is 4.74 Å². The Morgan fingerprint density at radius 1 is 1.33 bits per heavy atom. The van der Waals surface area contributed by atoms with E-state index in [1.807, 2.05) is 5.38 Å². The number of carbonyl (C=O) groups is 3. The summed E-state index contributed by atoms with van der Waals surface area (Å²) in [6.45, 7) is 3.49. The highest BCUT2D eigenvalue weighted by Gasteiger charge is 2.47. The number of carbonyl (C=O) groups excluding carboxylic acids is 3. The van der Waals surface area contributed by atoms with Gasteiger partial charge in [-0.2, -0.15) is 11.3 Å². The first kappa shape index (κ1) is 20.0. The van der Waals surface area contributed by atoms with Crippen molar-refractivity contribution >= 4 is 28.9 Å². The Kier molecular flexibility index (Phi) is 6.32. The fourth-order valence-corrected chi connectivity index (χ4v) is 4.52. The molecule has 0 radical (unpaired) electrons. The summed E-state index contributed by atoms with van der Waals surface area (Å²) >= 11 is 1.44. The number of hydrogen-bond donors (Lipinski definition) is 2. The number of amides is 2. The van der Waals surface area contributed by atoms with Gasteiger partial charge in [0.1, 0.15) is 18.2 Å². The van der Waals surface area contributed by atoms with E-state index in [0.29, 0.717) is 17.9 Å². The summed E-state index contributed by atoms with van der Waals surface area (Å²) in [6.07, 6.45) is 5.92. The first-order valence-electron chi connectivity index (χ1n) is 9.70. The first-order chi connectivity index (χ1) is 12.9. The molecule has 1 saturated carbocycles. The molecule has 2 N–H and O–H groups in total. The van der Waals surface area contributed by atoms with E-state index in [-0.39, 0.29) is 24.2 Å². The van der Waals surface area contributed by atoms with Crippen LogP contribution in [0, 0.1) is 5.92 Å². The molecule has 2 heterocycles. The second kappa shape index (κ2) is 8.52. The van der Waals surface area contributed by atoms with Gasteiger partial charge in [-0.25, -0.2) is 0 Å². The summed E-state index contributed by atoms with van der Waals surface area (Å²) in [5.74, 6) is -0.279. The predicted molar refractivity (Wildman–Crippen MR) is 104 cm³/mol. The zero-order valence-corrected chi connectivity index (χ0v) is 16.8. The second-order valence-electron chi connectivity index (χ2n) is 7.85. The van der Waals surface area contributed by atoms with E-state index in [0.717, 1.165) is 12.8 Å². The zero-order chi connectivity index (χ0) is 19.4. The van der Waals surface area contributed by atoms with Crippen molar-refractivity contribution in [2.45, 2.75) is 70.1 Å². The minimum atomic E-state index is -1.05. The molecule has 1 aromatic heterocycles. The normalized spacial score (nSPS) is 27.3. The summed E-state index contributed by atoms with van der Waals surface area (Å²) < 4.78 is 5.40. The number of thiophene rings is 1. The van der Waals surface area contributed by atoms with E-state index in [2.05, 4.69) is 10.6 Å². The molecule has 1 unspecified atom stereocenters. The summed E-state index contributed by atoms with van der Waals surface area (Å²) in [7, 11) is 0. The summed E-state index contributed by atoms with van der Waals surface area (Å²) in [6, 6.07) is 1.09. The fourth-order valence-electron chi connectivity index (χ4n) is 3.88. The van der Waals surface area contributed by atoms with Crippen LogP contribution in [0.1, 0.15) is 62.7 Å². The summed E-state index contributed by atoms with van der Waals surface area (Å²) in [4.78, 5) is 37.8. The van der Waals surface area contributed by atoms with E-state index in [1.165, 1.54) is 30.6 Å². The Morgan fingerprint density at radius 3 is 2.67 bits per heavy atom. The molecule has 6 nitrogen and oxygen atoms in total. The van der Waals surface area contributed by atoms with Gasteiger partial charge < -0.3 is 15.4 Å². The molecule has 1 aliphatic carbocycles. The molecule has 1 aromatic rings. The van der Waals surface area contributed by atoms with Gasteiger partial charge in [0.05, 0.1) is 11.7 Å². The van der Waals surface area contributed by atoms with Crippen molar-refractivity contribution in [3.63, 3.8) is 0 Å². The van der Waals surface area contributed by atoms with Crippen LogP contribution < -0.4 is 10.6 Å². The lowest BCUT2D eigenvalue weighted by molar-refractivity contribution is -0.131. The van der Waals surface area contributed by atoms with Crippen LogP contribution in [0.2, 0.25) is 0 Å². The van der Waals surface area contributed by atoms with Crippen molar-refractivity contribution in [2.75, 3.05) is 6.61 Å². The molecule has 1 saturated heterocycles. The molecular weight excluding hydrogens is 364 g/mol. The molecule has 27 heavy (non-hydrogen) atoms. The van der Waals surface area contributed by atoms with Crippen molar-refractivity contribution in [3.05, 3.63) is 22.4 Å². The third-order valence-electron chi connectivity index (χ3n) is 5.94. The van der Waals surface area contributed by atoms with Crippen LogP contribution in [0.15, 0.2) is 16.8 Å². The maximum absolute atomic E-state index is 13.0. The fraction of sp³-hybridized carbons (Fsp3) is 0.650. The van der Waals surface area contributed by atoms with Crippen LogP contribution in [0.5, 0.6) is 0 Å². The largest absolute Gasteiger partial charge is 0.368 e. The zero-order valence-electron chi connectivity index (χ0n) is 16.0. The maximum atomic E-state index is 13.0. The van der Waals surface area contributed by atoms with E-state index < -0.39 is 17.7 Å². The molecule has 7 heteroatoms. The van der Waals surface area contributed by atoms with E-state index in [9.17, 15) is 14.4 Å². The van der Waals surface area contributed by atoms with Gasteiger partial charge in [-0.05, 0) is 37.6 Å². The molecular formula is C20H28N2O4S. The van der Waals surface area contributed by atoms with Gasteiger partial charge in [0.25, 0.3) is 5.91 Å². The van der Waals surface area contributed by atoms with E-state index >= 15 is 0 Å². The minimum absolute atomic E-state index is 0.00645. The molecule has 1 aliphatic heterocycles. The predicted octanol–water partition coefficient (Wildman–Crippen LogP) is 2.68. The van der Waals surface area contributed by atoms with Crippen LogP contribution in [-0.4, -0.2) is 41.9 Å². The molecule has 2 amide bonds. The van der Waals surface area contributed by atoms with Crippen LogP contribution in [0.4, 0.5) is 0 Å². The molecule has 0 aromatic carbocycles. The number of rotatable bonds is 6. The Bertz CT molecular complexity index is 684. The molecule has 3 rings (SSSR count). The Hall–Kier alpha value is -1.73. The van der Waals surface area contributed by atoms with Gasteiger partial charge in [-0.3, -0.25) is 14.4 Å². The molecule has 148 valence electrons. The van der Waals surface area contributed by atoms with Gasteiger partial charge in [0.15, 0.2) is 5.78 Å². The minimum Gasteiger partial charge on any atom is -0.368 e. The average molecular weight is 393 g/mol. The lowest BCUT2D eigenvalue weighted by Crippen LogP contribution is -2.60. The molecule has 3 atom stereocenters. The SMILES string of the molecule is C[C@H]1OCC(=O)[C@]1(C)NC(=O)C(CC1CCCCC1)NC(=O)c1ccsc1. The standard InChI is InChI=1S/C20H28N2O4S/c1-13-20(2,17(23)11-26-13)22-19(25)16(10-14-6-4-3-5-7-14)21-18(24)15-8-9-27-12-15/h8-9,12-14,16H,3-7,10-11H2,1-2H3,(H,21,24)(H,22,25)/t13-,16?,20-/m1/s1. The highest BCUT2D eigenvalue weighted by Crippen LogP contribution is 2.28. The van der Waals surface area contributed by atoms with Crippen molar-refractivity contribution in [3.8, 4) is 0 Å². The first-order valence-corrected chi connectivity index (χ1v) is 10.6. The topological polar surface area (TPSA) is 84.5 Å². The summed E-state index contributed by atoms with van der Waals surface area (Å²) in [5, 5.41) is 9.36. The van der Waals surface area contributed by atoms with Gasteiger partial charge >= 0.3 is 0 Å². The number of Topliss-reactive ketones (excluding diaryl/α,β-unsaturated/α-hetero) is 1. The quantitative estimate of drug-likeness (QED) is 0.780. The van der Waals surface area contributed by atoms with E-state index in [1.54, 1.807) is 25.3 Å². The summed E-state index contributed by atoms with van der Waals surface area (Å²) in [5.41, 5.74) is -0.490. The Balaban J connectivity index is 1.72. The lowest BCUT2D eigenvalue weighted by Gasteiger charge is -2.31. The van der Waals surface area contributed by atoms with Crippen molar-refractivity contribution in [2.24, 2.45) is 5.92 Å². The monoisotopic (exact) mass is 392 g/mol. The highest BCUT2D eigenvalue weighted by atomic mass is 32.1. The smallest absolute Gasteiger partial charge is 0.252 e. The number of ketones is 1. The number of nitrogens with one attached hydrogen (secondary N) is 2. The van der Waals surface area contributed by atoms with Gasteiger partial charge in [-0.15, -0.1) is 0 Å². The van der Waals surface area contributed by atoms with Crippen molar-refractivity contribution in [1.29, 1.82) is 0 Å². The lowest BCUT2D eigenvalue weighted by atomic mass is 9.84. The second-order valence-corrected chi connectivity index (χ2v) is 8.63. The third kappa shape index (κ3) is 4.58. The Labute approximate surface area is 164 Å². The van der Waals surface area contributed by atoms with Crippen LogP contribution in [0.25, 0.3) is 0 Å². The van der Waals surface area contributed by atoms with Gasteiger partial charge in [0, 0.05) is 5.38 Å². The molecule has 2 aliphatic rings. The maximum Gasteiger partial charge on any atom is 0.252 e. The molecule has 0 spiro atoms. The van der Waals surface area contributed by atoms with Crippen molar-refractivity contribution < 1.29 is 19.1 Å². The number of hydrogen-bond acceptors (Lipinski definition) is 5. The van der Waals surface area contributed by atoms with Crippen molar-refractivity contribution in [1.82, 2.24) is 10.6 Å². The average Bonchev–Trinajstić information content (AvgIpc) is 3.27. The van der Waals surface area contributed by atoms with Crippen LogP contribution in [-0.2, 0) is 14.3 Å². The van der Waals surface area contributed by atoms with Crippen LogP contribution >= 0.6 is 11.3 Å². The third-order valence-corrected chi connectivity index (χ3v) is 6.62. The van der Waals surface area contributed by atoms with Gasteiger partial charge in [-0.1, -0.05) is 32.1 Å². The highest BCUT2D eigenvalue weighted by molar-refractivity contribution is 7.08. The van der Waals surface area contributed by atoms with Gasteiger partial charge in [0.2, 0.25) is 5.91 Å². The molecule has 0 bridgehead atoms. The Morgan fingerprint density at radius 2 is 2.07 bits per heavy atom.